The van der Waals surface area contributed by atoms with Gasteiger partial charge in [0.15, 0.2) is 6.29 Å². The van der Waals surface area contributed by atoms with Crippen LogP contribution >= 0.6 is 0 Å². The van der Waals surface area contributed by atoms with Gasteiger partial charge in [-0.3, -0.25) is 4.90 Å². The van der Waals surface area contributed by atoms with Gasteiger partial charge in [-0.25, -0.2) is 26.4 Å². The number of hydrogen-bond acceptors (Lipinski definition) is 13. The standard InChI is InChI=1S/C65H60N2O13S2/c1-45-28-33-54(34-29-45)81(70,71)67(53-32-37-58-51(38-53)39-57(63(68)79-58)56-27-17-16-18-46(56)2)82(72,73)55-35-30-52(31-36-55)66(3)65(69)78-44-59-60(74-40-47-19-8-4-9-20-47)61(75-41-48-21-10-5-11-22-48)62(76-42-49-23-12-6-13-24-49)64(80-59)77-43-50-25-14-7-15-26-50/h4-39,59-62,64H,40-44H2,1-3H3. The lowest BCUT2D eigenvalue weighted by Crippen LogP contribution is -2.62. The largest absolute Gasteiger partial charge is 0.446 e. The number of sulfonamides is 2. The fourth-order valence-corrected chi connectivity index (χ4v) is 13.2. The van der Waals surface area contributed by atoms with Gasteiger partial charge in [-0.2, -0.15) is 3.71 Å². The van der Waals surface area contributed by atoms with E-state index >= 15 is 0 Å². The molecular formula is C65H60N2O13S2. The predicted octanol–water partition coefficient (Wildman–Crippen LogP) is 11.9. The number of nitrogens with zero attached hydrogens (tertiary/aromatic N) is 2. The Labute approximate surface area is 476 Å². The zero-order chi connectivity index (χ0) is 57.2. The quantitative estimate of drug-likeness (QED) is 0.0622. The Morgan fingerprint density at radius 1 is 0.500 bits per heavy atom. The van der Waals surface area contributed by atoms with Crippen LogP contribution in [0.25, 0.3) is 22.1 Å². The van der Waals surface area contributed by atoms with Gasteiger partial charge in [-0.05, 0) is 108 Å². The Bertz CT molecular complexity index is 3890. The molecule has 0 N–H and O–H groups in total. The van der Waals surface area contributed by atoms with E-state index in [0.29, 0.717) is 9.27 Å². The molecule has 1 aliphatic rings. The summed E-state index contributed by atoms with van der Waals surface area (Å²) in [6.45, 7) is 3.96. The topological polar surface area (TPSA) is 177 Å². The molecule has 5 unspecified atom stereocenters. The first-order valence-corrected chi connectivity index (χ1v) is 29.4. The van der Waals surface area contributed by atoms with E-state index in [9.17, 15) is 26.4 Å². The van der Waals surface area contributed by atoms with Gasteiger partial charge in [0.25, 0.3) is 20.0 Å². The van der Waals surface area contributed by atoms with Crippen molar-refractivity contribution in [1.82, 2.24) is 0 Å². The molecule has 10 rings (SSSR count). The van der Waals surface area contributed by atoms with Crippen LogP contribution < -0.4 is 14.2 Å². The first-order valence-electron chi connectivity index (χ1n) is 26.5. The summed E-state index contributed by atoms with van der Waals surface area (Å²) in [6, 6.07) is 62.3. The minimum atomic E-state index is -4.96. The van der Waals surface area contributed by atoms with Crippen LogP contribution in [0, 0.1) is 13.8 Å². The van der Waals surface area contributed by atoms with E-state index in [1.54, 1.807) is 37.3 Å². The van der Waals surface area contributed by atoms with Crippen molar-refractivity contribution in [1.29, 1.82) is 0 Å². The van der Waals surface area contributed by atoms with Crippen LogP contribution in [0.1, 0.15) is 33.4 Å². The first-order chi connectivity index (χ1) is 39.7. The normalized spacial score (nSPS) is 17.3. The van der Waals surface area contributed by atoms with Crippen molar-refractivity contribution in [2.45, 2.75) is 80.8 Å². The lowest BCUT2D eigenvalue weighted by Gasteiger charge is -2.45. The third-order valence-electron chi connectivity index (χ3n) is 14.0. The summed E-state index contributed by atoms with van der Waals surface area (Å²) in [5.74, 6) is 0. The summed E-state index contributed by atoms with van der Waals surface area (Å²) in [6.07, 6.45) is -5.42. The average Bonchev–Trinajstić information content (AvgIpc) is 3.60. The lowest BCUT2D eigenvalue weighted by molar-refractivity contribution is -0.329. The van der Waals surface area contributed by atoms with Crippen molar-refractivity contribution in [2.75, 3.05) is 22.3 Å². The first kappa shape index (κ1) is 57.0. The molecular weight excluding hydrogens is 1080 g/mol. The molecule has 1 aromatic heterocycles. The summed E-state index contributed by atoms with van der Waals surface area (Å²) in [5.41, 5.74) is 5.42. The van der Waals surface area contributed by atoms with Crippen LogP contribution in [0.4, 0.5) is 16.2 Å². The second kappa shape index (κ2) is 25.7. The van der Waals surface area contributed by atoms with Crippen LogP contribution in [0.5, 0.6) is 0 Å². The van der Waals surface area contributed by atoms with E-state index in [0.717, 1.165) is 33.4 Å². The molecule has 1 amide bonds. The molecule has 0 aliphatic carbocycles. The maximum absolute atomic E-state index is 15.0. The molecule has 5 atom stereocenters. The Hall–Kier alpha value is -8.26. The van der Waals surface area contributed by atoms with Crippen LogP contribution in [-0.4, -0.2) is 67.3 Å². The summed E-state index contributed by atoms with van der Waals surface area (Å²) < 4.78 is 105. The SMILES string of the molecule is Cc1ccc(S(=O)(=O)N(c2ccc3oc(=O)c(-c4ccccc4C)cc3c2)S(=O)(=O)c2ccc(N(C)C(=O)OCC3OC(OCc4ccccc4)C(OCc4ccccc4)C(OCc4ccccc4)C3OCc3ccccc3)cc2)cc1. The van der Waals surface area contributed by atoms with E-state index < -0.39 is 67.4 Å². The number of anilines is 2. The van der Waals surface area contributed by atoms with Gasteiger partial charge < -0.3 is 32.8 Å². The Kier molecular flexibility index (Phi) is 17.8. The van der Waals surface area contributed by atoms with Crippen molar-refractivity contribution >= 4 is 48.5 Å². The average molecular weight is 1140 g/mol. The van der Waals surface area contributed by atoms with Crippen LogP contribution in [0.15, 0.2) is 237 Å². The number of fused-ring (bicyclic) bond motifs is 1. The number of aryl methyl sites for hydroxylation is 2. The Morgan fingerprint density at radius 2 is 0.963 bits per heavy atom. The number of carbonyl (C=O) groups excluding carboxylic acids is 1. The van der Waals surface area contributed by atoms with Crippen molar-refractivity contribution in [2.24, 2.45) is 0 Å². The molecule has 8 aromatic carbocycles. The molecule has 82 heavy (non-hydrogen) atoms. The van der Waals surface area contributed by atoms with Crippen molar-refractivity contribution < 1.29 is 54.5 Å². The van der Waals surface area contributed by atoms with Gasteiger partial charge in [-0.15, -0.1) is 0 Å². The van der Waals surface area contributed by atoms with Gasteiger partial charge in [-0.1, -0.05) is 163 Å². The summed E-state index contributed by atoms with van der Waals surface area (Å²) in [5, 5.41) is 0.277. The smallest absolute Gasteiger partial charge is 0.414 e. The minimum absolute atomic E-state index is 0.116. The van der Waals surface area contributed by atoms with Crippen molar-refractivity contribution in [3.63, 3.8) is 0 Å². The van der Waals surface area contributed by atoms with E-state index in [1.165, 1.54) is 66.5 Å². The summed E-state index contributed by atoms with van der Waals surface area (Å²) in [4.78, 5) is 27.9. The molecule has 1 fully saturated rings. The van der Waals surface area contributed by atoms with E-state index in [2.05, 4.69) is 0 Å². The number of hydrogen-bond donors (Lipinski definition) is 0. The predicted molar refractivity (Wildman–Crippen MR) is 312 cm³/mol. The molecule has 15 nitrogen and oxygen atoms in total. The molecule has 0 bridgehead atoms. The molecule has 0 spiro atoms. The number of ether oxygens (including phenoxy) is 6. The highest BCUT2D eigenvalue weighted by Crippen LogP contribution is 2.36. The molecule has 2 heterocycles. The zero-order valence-corrected chi connectivity index (χ0v) is 46.9. The summed E-state index contributed by atoms with van der Waals surface area (Å²) in [7, 11) is -8.36. The Morgan fingerprint density at radius 3 is 1.50 bits per heavy atom. The minimum Gasteiger partial charge on any atom is -0.446 e. The number of amides is 1. The second-order valence-electron chi connectivity index (χ2n) is 19.8. The molecule has 0 radical (unpaired) electrons. The molecule has 420 valence electrons. The van der Waals surface area contributed by atoms with Gasteiger partial charge >= 0.3 is 11.7 Å². The van der Waals surface area contributed by atoms with Crippen molar-refractivity contribution in [3.8, 4) is 11.1 Å². The van der Waals surface area contributed by atoms with E-state index in [-0.39, 0.29) is 65.8 Å². The Balaban J connectivity index is 0.936. The molecule has 1 aliphatic heterocycles. The number of rotatable bonds is 21. The van der Waals surface area contributed by atoms with Gasteiger partial charge in [0.1, 0.15) is 36.6 Å². The van der Waals surface area contributed by atoms with Gasteiger partial charge in [0, 0.05) is 18.1 Å². The van der Waals surface area contributed by atoms with Crippen LogP contribution in [0.2, 0.25) is 0 Å². The molecule has 0 saturated carbocycles. The number of carbonyl (C=O) groups is 1. The van der Waals surface area contributed by atoms with E-state index in [4.69, 9.17) is 32.8 Å². The molecule has 17 heteroatoms. The third-order valence-corrected chi connectivity index (χ3v) is 18.2. The maximum Gasteiger partial charge on any atom is 0.414 e. The second-order valence-corrected chi connectivity index (χ2v) is 23.6. The fourth-order valence-electron chi connectivity index (χ4n) is 9.56. The third kappa shape index (κ3) is 13.2. The maximum atomic E-state index is 15.0. The van der Waals surface area contributed by atoms with E-state index in [1.807, 2.05) is 140 Å². The highest BCUT2D eigenvalue weighted by Gasteiger charge is 2.50. The number of benzene rings is 8. The molecule has 1 saturated heterocycles. The monoisotopic (exact) mass is 1140 g/mol. The van der Waals surface area contributed by atoms with Gasteiger partial charge in [0.2, 0.25) is 0 Å². The van der Waals surface area contributed by atoms with Gasteiger partial charge in [0.05, 0.1) is 47.5 Å². The van der Waals surface area contributed by atoms with Crippen LogP contribution in [0.3, 0.4) is 0 Å². The van der Waals surface area contributed by atoms with Crippen LogP contribution in [-0.2, 0) is 74.9 Å². The lowest BCUT2D eigenvalue weighted by atomic mass is 9.97. The van der Waals surface area contributed by atoms with Crippen molar-refractivity contribution in [3.05, 3.63) is 262 Å². The zero-order valence-electron chi connectivity index (χ0n) is 45.2. The highest BCUT2D eigenvalue weighted by molar-refractivity contribution is 8.10. The summed E-state index contributed by atoms with van der Waals surface area (Å²) >= 11 is 0. The molecule has 9 aromatic rings. The highest BCUT2D eigenvalue weighted by atomic mass is 32.3. The fraction of sp³-hybridized carbons (Fsp3) is 0.200.